The zero-order valence-corrected chi connectivity index (χ0v) is 14.5. The van der Waals surface area contributed by atoms with Gasteiger partial charge in [0.1, 0.15) is 0 Å². The maximum Gasteiger partial charge on any atom is 0.315 e. The van der Waals surface area contributed by atoms with Crippen molar-refractivity contribution in [3.63, 3.8) is 0 Å². The average molecular weight is 346 g/mol. The van der Waals surface area contributed by atoms with E-state index in [0.717, 1.165) is 25.9 Å². The van der Waals surface area contributed by atoms with Crippen LogP contribution in [0.1, 0.15) is 32.3 Å². The second-order valence-corrected chi connectivity index (χ2v) is 6.15. The fraction of sp³-hybridized carbons (Fsp3) is 0.500. The molecule has 3 aliphatic heterocycles. The van der Waals surface area contributed by atoms with Gasteiger partial charge >= 0.3 is 5.69 Å². The number of allylic oxidation sites excluding steroid dienone is 1. The van der Waals surface area contributed by atoms with E-state index in [-0.39, 0.29) is 23.1 Å². The SMILES string of the molecule is CCOc1cc(/C=C2/C(=O)C3CCN2CC3)cc([N+](=O)[O-])c1OCC. The standard InChI is InChI=1S/C18H22N2O5/c1-3-24-16-11-12(10-15(20(22)23)18(16)25-4-2)9-14-17(21)13-5-7-19(14)8-6-13/h9-11,13H,3-8H2,1-2H3/b14-9-. The number of hydrogen-bond donors (Lipinski definition) is 0. The van der Waals surface area contributed by atoms with Gasteiger partial charge in [-0.2, -0.15) is 0 Å². The second-order valence-electron chi connectivity index (χ2n) is 6.15. The predicted molar refractivity (Wildman–Crippen MR) is 92.7 cm³/mol. The van der Waals surface area contributed by atoms with Gasteiger partial charge in [0.05, 0.1) is 23.8 Å². The zero-order chi connectivity index (χ0) is 18.0. The van der Waals surface area contributed by atoms with Gasteiger partial charge in [0.15, 0.2) is 11.5 Å². The quantitative estimate of drug-likeness (QED) is 0.447. The predicted octanol–water partition coefficient (Wildman–Crippen LogP) is 3.03. The van der Waals surface area contributed by atoms with Gasteiger partial charge < -0.3 is 14.4 Å². The maximum absolute atomic E-state index is 12.5. The van der Waals surface area contributed by atoms with E-state index in [4.69, 9.17) is 9.47 Å². The van der Waals surface area contributed by atoms with E-state index in [0.29, 0.717) is 30.2 Å². The third kappa shape index (κ3) is 3.31. The van der Waals surface area contributed by atoms with E-state index < -0.39 is 4.92 Å². The van der Waals surface area contributed by atoms with Gasteiger partial charge in [0, 0.05) is 25.1 Å². The van der Waals surface area contributed by atoms with Crippen molar-refractivity contribution in [2.24, 2.45) is 5.92 Å². The number of ether oxygens (including phenoxy) is 2. The summed E-state index contributed by atoms with van der Waals surface area (Å²) in [4.78, 5) is 25.5. The summed E-state index contributed by atoms with van der Waals surface area (Å²) in [6.07, 6.45) is 3.52. The summed E-state index contributed by atoms with van der Waals surface area (Å²) < 4.78 is 11.0. The van der Waals surface area contributed by atoms with Crippen LogP contribution < -0.4 is 9.47 Å². The van der Waals surface area contributed by atoms with Crippen molar-refractivity contribution in [2.75, 3.05) is 26.3 Å². The number of rotatable bonds is 6. The molecule has 3 fully saturated rings. The molecule has 3 saturated heterocycles. The Morgan fingerprint density at radius 3 is 2.48 bits per heavy atom. The molecule has 1 aromatic carbocycles. The topological polar surface area (TPSA) is 81.9 Å². The lowest BCUT2D eigenvalue weighted by atomic mass is 9.84. The van der Waals surface area contributed by atoms with Crippen molar-refractivity contribution in [1.82, 2.24) is 4.90 Å². The van der Waals surface area contributed by atoms with Gasteiger partial charge in [-0.15, -0.1) is 0 Å². The normalized spacial score (nSPS) is 18.7. The highest BCUT2D eigenvalue weighted by Gasteiger charge is 2.36. The Balaban J connectivity index is 2.05. The van der Waals surface area contributed by atoms with E-state index in [1.165, 1.54) is 6.07 Å². The first-order valence-electron chi connectivity index (χ1n) is 8.64. The molecule has 0 aromatic heterocycles. The number of fused-ring (bicyclic) bond motifs is 3. The number of carbonyl (C=O) groups is 1. The third-order valence-electron chi connectivity index (χ3n) is 4.61. The molecule has 7 nitrogen and oxygen atoms in total. The van der Waals surface area contributed by atoms with Gasteiger partial charge in [-0.1, -0.05) is 0 Å². The van der Waals surface area contributed by atoms with Crippen LogP contribution in [-0.2, 0) is 4.79 Å². The van der Waals surface area contributed by atoms with Gasteiger partial charge in [-0.25, -0.2) is 0 Å². The van der Waals surface area contributed by atoms with Crippen LogP contribution in [0, 0.1) is 16.0 Å². The lowest BCUT2D eigenvalue weighted by Gasteiger charge is -2.41. The highest BCUT2D eigenvalue weighted by molar-refractivity contribution is 6.02. The van der Waals surface area contributed by atoms with Crippen molar-refractivity contribution in [3.8, 4) is 11.5 Å². The third-order valence-corrected chi connectivity index (χ3v) is 4.61. The minimum atomic E-state index is -0.481. The van der Waals surface area contributed by atoms with Crippen LogP contribution in [0.5, 0.6) is 11.5 Å². The van der Waals surface area contributed by atoms with E-state index in [2.05, 4.69) is 4.90 Å². The highest BCUT2D eigenvalue weighted by Crippen LogP contribution is 2.40. The smallest absolute Gasteiger partial charge is 0.315 e. The summed E-state index contributed by atoms with van der Waals surface area (Å²) in [5.74, 6) is 0.675. The second kappa shape index (κ2) is 7.13. The van der Waals surface area contributed by atoms with Crippen molar-refractivity contribution in [3.05, 3.63) is 33.5 Å². The molecule has 0 radical (unpaired) electrons. The van der Waals surface area contributed by atoms with Crippen LogP contribution in [0.4, 0.5) is 5.69 Å². The number of carbonyl (C=O) groups excluding carboxylic acids is 1. The molecule has 0 aliphatic carbocycles. The van der Waals surface area contributed by atoms with Gasteiger partial charge in [0.25, 0.3) is 0 Å². The molecule has 0 spiro atoms. The molecular formula is C18H22N2O5. The largest absolute Gasteiger partial charge is 0.490 e. The Labute approximate surface area is 146 Å². The van der Waals surface area contributed by atoms with Gasteiger partial charge in [-0.3, -0.25) is 14.9 Å². The first kappa shape index (κ1) is 17.3. The number of nitrogens with zero attached hydrogens (tertiary/aromatic N) is 2. The number of piperidine rings is 3. The Morgan fingerprint density at radius 2 is 1.92 bits per heavy atom. The molecule has 2 bridgehead atoms. The summed E-state index contributed by atoms with van der Waals surface area (Å²) in [7, 11) is 0. The zero-order valence-electron chi connectivity index (χ0n) is 14.5. The lowest BCUT2D eigenvalue weighted by Crippen LogP contribution is -2.45. The summed E-state index contributed by atoms with van der Waals surface area (Å²) in [6, 6.07) is 3.14. The summed E-state index contributed by atoms with van der Waals surface area (Å²) in [6.45, 7) is 5.96. The van der Waals surface area contributed by atoms with Gasteiger partial charge in [0.2, 0.25) is 5.75 Å². The van der Waals surface area contributed by atoms with Crippen molar-refractivity contribution in [2.45, 2.75) is 26.7 Å². The molecule has 134 valence electrons. The minimum absolute atomic E-state index is 0.0836. The molecular weight excluding hydrogens is 324 g/mol. The van der Waals surface area contributed by atoms with Crippen molar-refractivity contribution >= 4 is 17.5 Å². The first-order valence-corrected chi connectivity index (χ1v) is 8.64. The van der Waals surface area contributed by atoms with Crippen LogP contribution in [-0.4, -0.2) is 41.9 Å². The molecule has 7 heteroatoms. The molecule has 0 N–H and O–H groups in total. The van der Waals surface area contributed by atoms with Crippen molar-refractivity contribution < 1.29 is 19.2 Å². The molecule has 3 heterocycles. The average Bonchev–Trinajstić information content (AvgIpc) is 2.60. The minimum Gasteiger partial charge on any atom is -0.490 e. The Morgan fingerprint density at radius 1 is 1.24 bits per heavy atom. The fourth-order valence-electron chi connectivity index (χ4n) is 3.45. The number of nitro benzene ring substituents is 1. The lowest BCUT2D eigenvalue weighted by molar-refractivity contribution is -0.386. The van der Waals surface area contributed by atoms with E-state index >= 15 is 0 Å². The molecule has 0 atom stereocenters. The van der Waals surface area contributed by atoms with Crippen molar-refractivity contribution in [1.29, 1.82) is 0 Å². The number of benzene rings is 1. The van der Waals surface area contributed by atoms with E-state index in [1.54, 1.807) is 19.1 Å². The fourth-order valence-corrected chi connectivity index (χ4v) is 3.45. The van der Waals surface area contributed by atoms with Crippen LogP contribution in [0.15, 0.2) is 17.8 Å². The molecule has 0 saturated carbocycles. The van der Waals surface area contributed by atoms with Crippen LogP contribution in [0.3, 0.4) is 0 Å². The number of ketones is 1. The van der Waals surface area contributed by atoms with E-state index in [1.807, 2.05) is 6.92 Å². The first-order chi connectivity index (χ1) is 12.0. The van der Waals surface area contributed by atoms with E-state index in [9.17, 15) is 14.9 Å². The van der Waals surface area contributed by atoms with Crippen LogP contribution in [0.25, 0.3) is 6.08 Å². The molecule has 1 aromatic rings. The monoisotopic (exact) mass is 346 g/mol. The Kier molecular flexibility index (Phi) is 4.92. The molecule has 0 unspecified atom stereocenters. The summed E-state index contributed by atoms with van der Waals surface area (Å²) in [5, 5.41) is 11.5. The van der Waals surface area contributed by atoms with Gasteiger partial charge in [-0.05, 0) is 44.4 Å². The molecule has 0 amide bonds. The molecule has 25 heavy (non-hydrogen) atoms. The Bertz CT molecular complexity index is 720. The molecule has 3 aliphatic rings. The maximum atomic E-state index is 12.5. The number of Topliss-reactive ketones (excluding diaryl/α,β-unsaturated/α-hetero) is 1. The molecule has 4 rings (SSSR count). The highest BCUT2D eigenvalue weighted by atomic mass is 16.6. The van der Waals surface area contributed by atoms with Crippen LogP contribution >= 0.6 is 0 Å². The summed E-state index contributed by atoms with van der Waals surface area (Å²) in [5.41, 5.74) is 1.07. The number of hydrogen-bond acceptors (Lipinski definition) is 6. The Hall–Kier alpha value is -2.57. The van der Waals surface area contributed by atoms with Crippen LogP contribution in [0.2, 0.25) is 0 Å². The summed E-state index contributed by atoms with van der Waals surface area (Å²) >= 11 is 0. The number of nitro groups is 1.